The minimum absolute atomic E-state index is 0.0552. The lowest BCUT2D eigenvalue weighted by atomic mass is 10.1. The van der Waals surface area contributed by atoms with Gasteiger partial charge in [-0.15, -0.1) is 0 Å². The molecule has 6 nitrogen and oxygen atoms in total. The van der Waals surface area contributed by atoms with Crippen LogP contribution >= 0.6 is 0 Å². The summed E-state index contributed by atoms with van der Waals surface area (Å²) in [4.78, 5) is 11.6. The molecule has 0 aromatic heterocycles. The van der Waals surface area contributed by atoms with Gasteiger partial charge in [0, 0.05) is 0 Å². The third kappa shape index (κ3) is 12.4. The van der Waals surface area contributed by atoms with Crippen molar-refractivity contribution < 1.29 is 27.6 Å². The number of ether oxygens (including phenoxy) is 1. The topological polar surface area (TPSA) is 101 Å². The van der Waals surface area contributed by atoms with Gasteiger partial charge < -0.3 is 9.84 Å². The van der Waals surface area contributed by atoms with Crippen LogP contribution < -0.4 is 0 Å². The third-order valence-corrected chi connectivity index (χ3v) is 4.93. The first-order valence-electron chi connectivity index (χ1n) is 8.67. The van der Waals surface area contributed by atoms with Crippen LogP contribution in [-0.4, -0.2) is 42.5 Å². The lowest BCUT2D eigenvalue weighted by Gasteiger charge is -2.12. The lowest BCUT2D eigenvalue weighted by Crippen LogP contribution is -2.32. The van der Waals surface area contributed by atoms with Crippen molar-refractivity contribution >= 4 is 16.1 Å². The third-order valence-electron chi connectivity index (χ3n) is 3.78. The number of unbranched alkanes of at least 4 members (excludes halogenated alkanes) is 9. The first-order chi connectivity index (χ1) is 10.9. The monoisotopic (exact) mass is 352 g/mol. The Morgan fingerprint density at radius 3 is 1.87 bits per heavy atom. The fraction of sp³-hybridized carbons (Fsp3) is 0.938. The molecule has 0 saturated carbocycles. The summed E-state index contributed by atoms with van der Waals surface area (Å²) in [7, 11) is -4.46. The van der Waals surface area contributed by atoms with Gasteiger partial charge in [-0.05, 0) is 6.42 Å². The largest absolute Gasteiger partial charge is 0.462 e. The van der Waals surface area contributed by atoms with Crippen LogP contribution in [0.25, 0.3) is 0 Å². The zero-order valence-electron chi connectivity index (χ0n) is 14.2. The Morgan fingerprint density at radius 2 is 1.43 bits per heavy atom. The van der Waals surface area contributed by atoms with Crippen molar-refractivity contribution in [1.82, 2.24) is 0 Å². The van der Waals surface area contributed by atoms with Gasteiger partial charge in [0.15, 0.2) is 5.25 Å². The number of rotatable bonds is 15. The zero-order valence-corrected chi connectivity index (χ0v) is 15.0. The summed E-state index contributed by atoms with van der Waals surface area (Å²) in [6.45, 7) is 1.56. The molecule has 0 aliphatic heterocycles. The van der Waals surface area contributed by atoms with E-state index in [4.69, 9.17) is 9.66 Å². The van der Waals surface area contributed by atoms with Gasteiger partial charge in [-0.25, -0.2) is 0 Å². The predicted octanol–water partition coefficient (Wildman–Crippen LogP) is 3.09. The minimum Gasteiger partial charge on any atom is -0.462 e. The standard InChI is InChI=1S/C16H32O6S/c1-2-3-4-5-6-7-8-9-10-11-12-15(23(19,20)21)16(18)22-14-13-17/h15,17H,2-14H2,1H3,(H,19,20,21). The molecule has 23 heavy (non-hydrogen) atoms. The van der Waals surface area contributed by atoms with Gasteiger partial charge in [-0.3, -0.25) is 9.35 Å². The van der Waals surface area contributed by atoms with Crippen LogP contribution in [0.4, 0.5) is 0 Å². The Balaban J connectivity index is 3.82. The molecule has 0 spiro atoms. The zero-order chi connectivity index (χ0) is 17.6. The highest BCUT2D eigenvalue weighted by Gasteiger charge is 2.31. The number of hydrogen-bond acceptors (Lipinski definition) is 5. The summed E-state index contributed by atoms with van der Waals surface area (Å²) in [6, 6.07) is 0. The molecule has 1 unspecified atom stereocenters. The van der Waals surface area contributed by atoms with Gasteiger partial charge in [-0.1, -0.05) is 71.1 Å². The Kier molecular flexibility index (Phi) is 13.4. The van der Waals surface area contributed by atoms with Gasteiger partial charge >= 0.3 is 5.97 Å². The SMILES string of the molecule is CCCCCCCCCCCCC(C(=O)OCCO)S(=O)(=O)O. The van der Waals surface area contributed by atoms with E-state index in [2.05, 4.69) is 11.7 Å². The van der Waals surface area contributed by atoms with Crippen LogP contribution in [0.15, 0.2) is 0 Å². The van der Waals surface area contributed by atoms with Crippen LogP contribution in [0.5, 0.6) is 0 Å². The quantitative estimate of drug-likeness (QED) is 0.267. The Labute approximate surface area is 140 Å². The summed E-state index contributed by atoms with van der Waals surface area (Å²) in [5, 5.41) is 7.04. The average molecular weight is 352 g/mol. The Morgan fingerprint density at radius 1 is 0.957 bits per heavy atom. The van der Waals surface area contributed by atoms with E-state index in [-0.39, 0.29) is 19.6 Å². The lowest BCUT2D eigenvalue weighted by molar-refractivity contribution is -0.144. The van der Waals surface area contributed by atoms with Gasteiger partial charge in [0.05, 0.1) is 6.61 Å². The normalized spacial score (nSPS) is 13.0. The van der Waals surface area contributed by atoms with Gasteiger partial charge in [-0.2, -0.15) is 8.42 Å². The first kappa shape index (κ1) is 22.3. The fourth-order valence-corrected chi connectivity index (χ4v) is 3.22. The van der Waals surface area contributed by atoms with E-state index in [9.17, 15) is 13.2 Å². The van der Waals surface area contributed by atoms with Crippen LogP contribution in [0, 0.1) is 0 Å². The van der Waals surface area contributed by atoms with Crippen molar-refractivity contribution in [2.75, 3.05) is 13.2 Å². The highest BCUT2D eigenvalue weighted by atomic mass is 32.2. The maximum Gasteiger partial charge on any atom is 0.326 e. The minimum atomic E-state index is -4.46. The second-order valence-corrected chi connectivity index (χ2v) is 7.46. The molecule has 138 valence electrons. The molecule has 0 saturated heterocycles. The van der Waals surface area contributed by atoms with E-state index in [1.165, 1.54) is 38.5 Å². The average Bonchev–Trinajstić information content (AvgIpc) is 2.49. The molecule has 0 aromatic rings. The van der Waals surface area contributed by atoms with Crippen molar-refractivity contribution in [1.29, 1.82) is 0 Å². The summed E-state index contributed by atoms with van der Waals surface area (Å²) in [5.41, 5.74) is 0. The van der Waals surface area contributed by atoms with Crippen LogP contribution in [0.1, 0.15) is 77.6 Å². The van der Waals surface area contributed by atoms with E-state index in [0.717, 1.165) is 19.3 Å². The molecular formula is C16H32O6S. The molecule has 2 N–H and O–H groups in total. The summed E-state index contributed by atoms with van der Waals surface area (Å²) >= 11 is 0. The number of aliphatic hydroxyl groups excluding tert-OH is 1. The molecule has 0 fully saturated rings. The molecule has 7 heteroatoms. The molecule has 0 radical (unpaired) electrons. The smallest absolute Gasteiger partial charge is 0.326 e. The Bertz CT molecular complexity index is 393. The van der Waals surface area contributed by atoms with E-state index in [0.29, 0.717) is 6.42 Å². The molecule has 0 aliphatic carbocycles. The molecule has 0 aromatic carbocycles. The second kappa shape index (κ2) is 13.7. The van der Waals surface area contributed by atoms with Gasteiger partial charge in [0.25, 0.3) is 10.1 Å². The fourth-order valence-electron chi connectivity index (χ4n) is 2.44. The van der Waals surface area contributed by atoms with E-state index in [1.54, 1.807) is 0 Å². The molecule has 0 bridgehead atoms. The van der Waals surface area contributed by atoms with E-state index < -0.39 is 21.3 Å². The molecule has 0 aliphatic rings. The van der Waals surface area contributed by atoms with Crippen LogP contribution in [-0.2, 0) is 19.6 Å². The molecule has 0 rings (SSSR count). The maximum atomic E-state index is 11.6. The summed E-state index contributed by atoms with van der Waals surface area (Å²) in [5.74, 6) is -0.988. The van der Waals surface area contributed by atoms with Crippen molar-refractivity contribution in [2.45, 2.75) is 82.8 Å². The van der Waals surface area contributed by atoms with Crippen LogP contribution in [0.2, 0.25) is 0 Å². The van der Waals surface area contributed by atoms with E-state index >= 15 is 0 Å². The second-order valence-electron chi connectivity index (χ2n) is 5.87. The Hall–Kier alpha value is -0.660. The van der Waals surface area contributed by atoms with Crippen molar-refractivity contribution in [3.8, 4) is 0 Å². The van der Waals surface area contributed by atoms with E-state index in [1.807, 2.05) is 0 Å². The number of aliphatic hydroxyl groups is 1. The molecule has 0 heterocycles. The molecule has 1 atom stereocenters. The molecular weight excluding hydrogens is 320 g/mol. The highest BCUT2D eigenvalue weighted by molar-refractivity contribution is 7.87. The highest BCUT2D eigenvalue weighted by Crippen LogP contribution is 2.15. The maximum absolute atomic E-state index is 11.6. The molecule has 0 amide bonds. The predicted molar refractivity (Wildman–Crippen MR) is 89.8 cm³/mol. The number of carbonyl (C=O) groups excluding carboxylic acids is 1. The van der Waals surface area contributed by atoms with Crippen molar-refractivity contribution in [2.24, 2.45) is 0 Å². The van der Waals surface area contributed by atoms with Crippen LogP contribution in [0.3, 0.4) is 0 Å². The summed E-state index contributed by atoms with van der Waals surface area (Å²) in [6.07, 6.45) is 11.1. The number of carbonyl (C=O) groups is 1. The number of hydrogen-bond donors (Lipinski definition) is 2. The van der Waals surface area contributed by atoms with Gasteiger partial charge in [0.2, 0.25) is 0 Å². The van der Waals surface area contributed by atoms with Gasteiger partial charge in [0.1, 0.15) is 6.61 Å². The van der Waals surface area contributed by atoms with Crippen molar-refractivity contribution in [3.05, 3.63) is 0 Å². The first-order valence-corrected chi connectivity index (χ1v) is 10.2. The number of esters is 1. The van der Waals surface area contributed by atoms with Crippen molar-refractivity contribution in [3.63, 3.8) is 0 Å². The summed E-state index contributed by atoms with van der Waals surface area (Å²) < 4.78 is 36.1.